The van der Waals surface area contributed by atoms with Crippen LogP contribution >= 0.6 is 11.6 Å². The van der Waals surface area contributed by atoms with Crippen LogP contribution in [0.2, 0.25) is 5.02 Å². The van der Waals surface area contributed by atoms with Crippen molar-refractivity contribution < 1.29 is 23.8 Å². The van der Waals surface area contributed by atoms with Gasteiger partial charge in [0.1, 0.15) is 18.2 Å². The predicted molar refractivity (Wildman–Crippen MR) is 155 cm³/mol. The molecule has 8 nitrogen and oxygen atoms in total. The van der Waals surface area contributed by atoms with E-state index in [0.717, 1.165) is 61.6 Å². The molecule has 4 aromatic rings. The van der Waals surface area contributed by atoms with Crippen LogP contribution in [0.3, 0.4) is 0 Å². The molecule has 2 aromatic carbocycles. The van der Waals surface area contributed by atoms with E-state index in [2.05, 4.69) is 9.88 Å². The number of fused-ring (bicyclic) bond motifs is 1. The zero-order valence-electron chi connectivity index (χ0n) is 23.1. The van der Waals surface area contributed by atoms with Gasteiger partial charge >= 0.3 is 5.97 Å². The highest BCUT2D eigenvalue weighted by molar-refractivity contribution is 6.30. The van der Waals surface area contributed by atoms with Crippen molar-refractivity contribution in [2.24, 2.45) is 7.05 Å². The largest absolute Gasteiger partial charge is 0.478 e. The first-order chi connectivity index (χ1) is 19.9. The van der Waals surface area contributed by atoms with Gasteiger partial charge in [-0.25, -0.2) is 19.2 Å². The van der Waals surface area contributed by atoms with E-state index in [1.54, 1.807) is 36.5 Å². The van der Waals surface area contributed by atoms with E-state index < -0.39 is 11.8 Å². The van der Waals surface area contributed by atoms with E-state index in [9.17, 15) is 14.3 Å². The Morgan fingerprint density at radius 2 is 1.93 bits per heavy atom. The summed E-state index contributed by atoms with van der Waals surface area (Å²) in [5.41, 5.74) is 3.33. The average molecular weight is 581 g/mol. The first kappa shape index (κ1) is 29.0. The molecule has 216 valence electrons. The predicted octanol–water partition coefficient (Wildman–Crippen LogP) is 6.21. The van der Waals surface area contributed by atoms with Gasteiger partial charge in [-0.05, 0) is 81.1 Å². The summed E-state index contributed by atoms with van der Waals surface area (Å²) in [5, 5.41) is 9.63. The van der Waals surface area contributed by atoms with Gasteiger partial charge in [0.25, 0.3) is 0 Å². The van der Waals surface area contributed by atoms with Gasteiger partial charge in [-0.15, -0.1) is 0 Å². The number of benzene rings is 2. The van der Waals surface area contributed by atoms with E-state index in [0.29, 0.717) is 28.9 Å². The number of carboxylic acid groups (broad SMARTS) is 1. The third-order valence-electron chi connectivity index (χ3n) is 7.62. The van der Waals surface area contributed by atoms with Crippen LogP contribution in [-0.2, 0) is 24.9 Å². The van der Waals surface area contributed by atoms with E-state index in [1.807, 2.05) is 23.7 Å². The average Bonchev–Trinajstić information content (AvgIpc) is 3.66. The third-order valence-corrected chi connectivity index (χ3v) is 7.86. The van der Waals surface area contributed by atoms with Gasteiger partial charge in [0.15, 0.2) is 0 Å². The molecule has 0 atom stereocenters. The summed E-state index contributed by atoms with van der Waals surface area (Å²) in [6, 6.07) is 13.5. The molecular formula is C31H34ClFN4O4. The standard InChI is InChI=1S/C27H26ClFN4O3.C4H8O/c1-32-24-13-18(27(34)35)5-7-23(24)31-25(32)15-33-11-8-17(9-12-33)21-3-2-10-30-26(21)36-16-19-4-6-20(28)14-22(19)29;1-2-4-5-3-1/h2-7,10,13-14,17H,8-9,11-12,15-16H2,1H3,(H,34,35);1-4H2. The van der Waals surface area contributed by atoms with Gasteiger partial charge < -0.3 is 19.1 Å². The van der Waals surface area contributed by atoms with Crippen LogP contribution in [0.5, 0.6) is 5.88 Å². The number of piperidine rings is 1. The third kappa shape index (κ3) is 7.22. The Kier molecular flexibility index (Phi) is 9.49. The summed E-state index contributed by atoms with van der Waals surface area (Å²) in [4.78, 5) is 22.8. The molecule has 0 spiro atoms. The van der Waals surface area contributed by atoms with E-state index in [-0.39, 0.29) is 12.2 Å². The van der Waals surface area contributed by atoms with Gasteiger partial charge in [-0.3, -0.25) is 4.90 Å². The van der Waals surface area contributed by atoms with Crippen molar-refractivity contribution >= 4 is 28.6 Å². The van der Waals surface area contributed by atoms with Crippen LogP contribution in [0.25, 0.3) is 11.0 Å². The molecule has 2 aromatic heterocycles. The highest BCUT2D eigenvalue weighted by Crippen LogP contribution is 2.34. The van der Waals surface area contributed by atoms with Gasteiger partial charge in [-0.1, -0.05) is 23.7 Å². The maximum atomic E-state index is 14.2. The van der Waals surface area contributed by atoms with Gasteiger partial charge in [0.2, 0.25) is 5.88 Å². The maximum Gasteiger partial charge on any atom is 0.335 e. The van der Waals surface area contributed by atoms with E-state index in [1.165, 1.54) is 18.9 Å². The van der Waals surface area contributed by atoms with Crippen LogP contribution in [0.4, 0.5) is 4.39 Å². The number of hydrogen-bond acceptors (Lipinski definition) is 6. The minimum Gasteiger partial charge on any atom is -0.478 e. The molecule has 2 aliphatic heterocycles. The Morgan fingerprint density at radius 1 is 1.15 bits per heavy atom. The number of nitrogens with zero attached hydrogens (tertiary/aromatic N) is 4. The lowest BCUT2D eigenvalue weighted by molar-refractivity contribution is 0.0697. The van der Waals surface area contributed by atoms with Crippen LogP contribution in [0.1, 0.15) is 58.9 Å². The molecule has 0 unspecified atom stereocenters. The SMILES string of the molecule is C1CCOC1.Cn1c(CN2CCC(c3cccnc3OCc3ccc(Cl)cc3F)CC2)nc2ccc(C(=O)O)cc21. The van der Waals surface area contributed by atoms with Crippen LogP contribution in [-0.4, -0.2) is 56.8 Å². The second kappa shape index (κ2) is 13.4. The fourth-order valence-electron chi connectivity index (χ4n) is 5.25. The van der Waals surface area contributed by atoms with Gasteiger partial charge in [0, 0.05) is 42.6 Å². The topological polar surface area (TPSA) is 89.7 Å². The second-order valence-corrected chi connectivity index (χ2v) is 10.8. The number of likely N-dealkylation sites (tertiary alicyclic amines) is 1. The van der Waals surface area contributed by atoms with Crippen LogP contribution < -0.4 is 4.74 Å². The Morgan fingerprint density at radius 3 is 2.61 bits per heavy atom. The van der Waals surface area contributed by atoms with Crippen molar-refractivity contribution in [1.29, 1.82) is 0 Å². The Bertz CT molecular complexity index is 1490. The summed E-state index contributed by atoms with van der Waals surface area (Å²) in [6.07, 6.45) is 6.11. The summed E-state index contributed by atoms with van der Waals surface area (Å²) < 4.78 is 27.0. The number of aromatic nitrogens is 3. The Labute approximate surface area is 243 Å². The van der Waals surface area contributed by atoms with Crippen LogP contribution in [0.15, 0.2) is 54.7 Å². The molecule has 6 rings (SSSR count). The lowest BCUT2D eigenvalue weighted by Crippen LogP contribution is -2.33. The summed E-state index contributed by atoms with van der Waals surface area (Å²) >= 11 is 5.85. The van der Waals surface area contributed by atoms with Crippen molar-refractivity contribution in [3.8, 4) is 5.88 Å². The molecule has 10 heteroatoms. The molecule has 1 N–H and O–H groups in total. The lowest BCUT2D eigenvalue weighted by Gasteiger charge is -2.32. The van der Waals surface area contributed by atoms with E-state index in [4.69, 9.17) is 26.1 Å². The molecule has 0 amide bonds. The number of aromatic carboxylic acids is 1. The highest BCUT2D eigenvalue weighted by Gasteiger charge is 2.25. The molecule has 4 heterocycles. The highest BCUT2D eigenvalue weighted by atomic mass is 35.5. The zero-order valence-corrected chi connectivity index (χ0v) is 23.8. The number of aryl methyl sites for hydroxylation is 1. The monoisotopic (exact) mass is 580 g/mol. The number of carboxylic acids is 1. The molecule has 2 saturated heterocycles. The molecule has 0 aliphatic carbocycles. The molecule has 0 saturated carbocycles. The minimum absolute atomic E-state index is 0.0855. The normalized spacial score (nSPS) is 16.0. The van der Waals surface area contributed by atoms with Gasteiger partial charge in [0.05, 0.1) is 23.1 Å². The zero-order chi connectivity index (χ0) is 28.8. The molecular weight excluding hydrogens is 547 g/mol. The van der Waals surface area contributed by atoms with Crippen molar-refractivity contribution in [1.82, 2.24) is 19.4 Å². The molecule has 0 radical (unpaired) electrons. The maximum absolute atomic E-state index is 14.2. The van der Waals surface area contributed by atoms with Crippen LogP contribution in [0, 0.1) is 5.82 Å². The van der Waals surface area contributed by atoms with Crippen molar-refractivity contribution in [2.75, 3.05) is 26.3 Å². The first-order valence-corrected chi connectivity index (χ1v) is 14.3. The number of hydrogen-bond donors (Lipinski definition) is 1. The number of ether oxygens (including phenoxy) is 2. The fourth-order valence-corrected chi connectivity index (χ4v) is 5.40. The molecule has 0 bridgehead atoms. The summed E-state index contributed by atoms with van der Waals surface area (Å²) in [6.45, 7) is 4.54. The molecule has 41 heavy (non-hydrogen) atoms. The smallest absolute Gasteiger partial charge is 0.335 e. The number of rotatable bonds is 7. The van der Waals surface area contributed by atoms with Crippen molar-refractivity contribution in [3.63, 3.8) is 0 Å². The Hall–Kier alpha value is -3.53. The van der Waals surface area contributed by atoms with Gasteiger partial charge in [-0.2, -0.15) is 0 Å². The van der Waals surface area contributed by atoms with Crippen molar-refractivity contribution in [2.45, 2.75) is 44.8 Å². The van der Waals surface area contributed by atoms with Crippen molar-refractivity contribution in [3.05, 3.63) is 88.1 Å². The second-order valence-electron chi connectivity index (χ2n) is 10.4. The fraction of sp³-hybridized carbons (Fsp3) is 0.387. The quantitative estimate of drug-likeness (QED) is 0.278. The molecule has 2 fully saturated rings. The number of halogens is 2. The number of pyridine rings is 1. The van der Waals surface area contributed by atoms with E-state index >= 15 is 0 Å². The molecule has 2 aliphatic rings. The first-order valence-electron chi connectivity index (χ1n) is 13.9. The lowest BCUT2D eigenvalue weighted by atomic mass is 9.90. The Balaban J connectivity index is 0.000000610. The minimum atomic E-state index is -0.946. The number of carbonyl (C=O) groups is 1. The summed E-state index contributed by atoms with van der Waals surface area (Å²) in [7, 11) is 1.92. The number of imidazole rings is 1. The summed E-state index contributed by atoms with van der Waals surface area (Å²) in [5.74, 6) is 0.392.